The molecule has 5 aromatic rings. The van der Waals surface area contributed by atoms with Crippen molar-refractivity contribution in [2.45, 2.75) is 13.8 Å². The molecule has 2 amide bonds. The number of carbonyl (C=O) groups is 2. The zero-order chi connectivity index (χ0) is 31.8. The van der Waals surface area contributed by atoms with Crippen molar-refractivity contribution < 1.29 is 19.1 Å². The second-order valence-electron chi connectivity index (χ2n) is 10.0. The molecular formula is C34H30ClN5O4S. The monoisotopic (exact) mass is 639 g/mol. The predicted octanol–water partition coefficient (Wildman–Crippen LogP) is 7.61. The number of nitrogens with zero attached hydrogens (tertiary/aromatic N) is 2. The quantitative estimate of drug-likeness (QED) is 0.101. The molecule has 0 aliphatic carbocycles. The Labute approximate surface area is 269 Å². The number of thiazole rings is 1. The largest absolute Gasteiger partial charge is 0.493 e. The maximum atomic E-state index is 12.7. The minimum atomic E-state index is -0.379. The fraction of sp³-hybridized carbons (Fsp3) is 0.118. The van der Waals surface area contributed by atoms with Gasteiger partial charge in [-0.05, 0) is 67.9 Å². The fourth-order valence-corrected chi connectivity index (χ4v) is 5.19. The van der Waals surface area contributed by atoms with E-state index in [4.69, 9.17) is 21.1 Å². The SMILES string of the molecule is COc1cc(/C=N/NC(=O)c2ccc(-c3csc(Nc4ccc(C)cc4)n3)cc2)cc(Cl)c1OCC(=O)Nc1ccc(C)cc1. The lowest BCUT2D eigenvalue weighted by Gasteiger charge is -2.13. The number of aromatic nitrogens is 1. The van der Waals surface area contributed by atoms with Gasteiger partial charge in [-0.3, -0.25) is 9.59 Å². The van der Waals surface area contributed by atoms with Crippen LogP contribution in [0.25, 0.3) is 11.3 Å². The molecule has 5 rings (SSSR count). The first-order valence-corrected chi connectivity index (χ1v) is 15.1. The van der Waals surface area contributed by atoms with Gasteiger partial charge in [0, 0.05) is 27.9 Å². The number of aryl methyl sites for hydroxylation is 2. The maximum absolute atomic E-state index is 12.7. The Bertz CT molecular complexity index is 1820. The van der Waals surface area contributed by atoms with Gasteiger partial charge in [0.15, 0.2) is 23.2 Å². The molecule has 0 atom stereocenters. The Morgan fingerprint density at radius 3 is 2.27 bits per heavy atom. The second-order valence-corrected chi connectivity index (χ2v) is 11.3. The van der Waals surface area contributed by atoms with Crippen LogP contribution in [-0.2, 0) is 4.79 Å². The highest BCUT2D eigenvalue weighted by Gasteiger charge is 2.14. The minimum absolute atomic E-state index is 0.220. The Morgan fingerprint density at radius 2 is 1.60 bits per heavy atom. The number of benzene rings is 4. The fourth-order valence-electron chi connectivity index (χ4n) is 4.17. The van der Waals surface area contributed by atoms with Crippen LogP contribution in [0.3, 0.4) is 0 Å². The van der Waals surface area contributed by atoms with Gasteiger partial charge in [0.1, 0.15) is 0 Å². The molecule has 0 aliphatic heterocycles. The van der Waals surface area contributed by atoms with E-state index in [1.165, 1.54) is 30.2 Å². The summed E-state index contributed by atoms with van der Waals surface area (Å²) in [7, 11) is 1.46. The molecular weight excluding hydrogens is 610 g/mol. The topological polar surface area (TPSA) is 114 Å². The Morgan fingerprint density at radius 1 is 0.933 bits per heavy atom. The molecule has 0 saturated heterocycles. The Kier molecular flexibility index (Phi) is 10.1. The summed E-state index contributed by atoms with van der Waals surface area (Å²) in [6.07, 6.45) is 1.44. The van der Waals surface area contributed by atoms with E-state index in [0.29, 0.717) is 22.6 Å². The Balaban J connectivity index is 1.15. The molecule has 1 heterocycles. The first-order valence-electron chi connectivity index (χ1n) is 13.9. The Hall–Kier alpha value is -5.19. The number of halogens is 1. The average Bonchev–Trinajstić information content (AvgIpc) is 3.51. The normalized spacial score (nSPS) is 10.8. The average molecular weight is 640 g/mol. The molecule has 9 nitrogen and oxygen atoms in total. The second kappa shape index (κ2) is 14.5. The summed E-state index contributed by atoms with van der Waals surface area (Å²) in [6.45, 7) is 3.75. The van der Waals surface area contributed by atoms with Gasteiger partial charge in [0.05, 0.1) is 24.0 Å². The summed E-state index contributed by atoms with van der Waals surface area (Å²) in [5.74, 6) is -0.189. The van der Waals surface area contributed by atoms with Gasteiger partial charge in [-0.25, -0.2) is 10.4 Å². The molecule has 0 unspecified atom stereocenters. The molecule has 11 heteroatoms. The number of amides is 2. The molecule has 0 radical (unpaired) electrons. The molecule has 0 aliphatic rings. The van der Waals surface area contributed by atoms with Gasteiger partial charge < -0.3 is 20.1 Å². The van der Waals surface area contributed by atoms with E-state index in [-0.39, 0.29) is 29.2 Å². The third kappa shape index (κ3) is 8.47. The van der Waals surface area contributed by atoms with Gasteiger partial charge in [-0.2, -0.15) is 5.10 Å². The van der Waals surface area contributed by atoms with Crippen molar-refractivity contribution in [3.05, 3.63) is 118 Å². The lowest BCUT2D eigenvalue weighted by Crippen LogP contribution is -2.20. The van der Waals surface area contributed by atoms with Gasteiger partial charge in [-0.1, -0.05) is 59.1 Å². The third-order valence-electron chi connectivity index (χ3n) is 6.56. The highest BCUT2D eigenvalue weighted by atomic mass is 35.5. The molecule has 3 N–H and O–H groups in total. The minimum Gasteiger partial charge on any atom is -0.493 e. The van der Waals surface area contributed by atoms with Crippen molar-refractivity contribution in [2.75, 3.05) is 24.4 Å². The van der Waals surface area contributed by atoms with E-state index in [1.807, 2.05) is 79.9 Å². The van der Waals surface area contributed by atoms with Gasteiger partial charge >= 0.3 is 0 Å². The molecule has 228 valence electrons. The number of ether oxygens (including phenoxy) is 2. The van der Waals surface area contributed by atoms with Crippen molar-refractivity contribution in [3.8, 4) is 22.8 Å². The van der Waals surface area contributed by atoms with Crippen LogP contribution in [0.15, 0.2) is 95.4 Å². The first kappa shape index (κ1) is 31.2. The number of methoxy groups -OCH3 is 1. The molecule has 0 spiro atoms. The molecule has 0 saturated carbocycles. The van der Waals surface area contributed by atoms with Crippen LogP contribution in [-0.4, -0.2) is 36.7 Å². The van der Waals surface area contributed by atoms with Crippen molar-refractivity contribution in [2.24, 2.45) is 5.10 Å². The highest BCUT2D eigenvalue weighted by Crippen LogP contribution is 2.36. The van der Waals surface area contributed by atoms with Gasteiger partial charge in [-0.15, -0.1) is 11.3 Å². The molecule has 0 bridgehead atoms. The number of anilines is 3. The third-order valence-corrected chi connectivity index (χ3v) is 7.60. The van der Waals surface area contributed by atoms with Crippen molar-refractivity contribution in [1.29, 1.82) is 0 Å². The highest BCUT2D eigenvalue weighted by molar-refractivity contribution is 7.14. The molecule has 45 heavy (non-hydrogen) atoms. The standard InChI is InChI=1S/C34H30ClN5O4S/c1-21-4-12-26(13-5-21)37-31(41)19-44-32-28(35)16-23(17-30(32)43-3)18-36-40-33(42)25-10-8-24(9-11-25)29-20-45-34(39-29)38-27-14-6-22(2)7-15-27/h4-18,20H,19H2,1-3H3,(H,37,41)(H,38,39)(H,40,42)/b36-18+. The van der Waals surface area contributed by atoms with E-state index < -0.39 is 0 Å². The van der Waals surface area contributed by atoms with Crippen molar-refractivity contribution >= 4 is 57.5 Å². The lowest BCUT2D eigenvalue weighted by molar-refractivity contribution is -0.118. The summed E-state index contributed by atoms with van der Waals surface area (Å²) >= 11 is 7.94. The number of nitrogens with one attached hydrogen (secondary N) is 3. The van der Waals surface area contributed by atoms with Crippen molar-refractivity contribution in [3.63, 3.8) is 0 Å². The zero-order valence-corrected chi connectivity index (χ0v) is 26.3. The van der Waals surface area contributed by atoms with Crippen LogP contribution in [0.1, 0.15) is 27.0 Å². The van der Waals surface area contributed by atoms with E-state index in [9.17, 15) is 9.59 Å². The van der Waals surface area contributed by atoms with E-state index >= 15 is 0 Å². The molecule has 4 aromatic carbocycles. The van der Waals surface area contributed by atoms with Gasteiger partial charge in [0.25, 0.3) is 11.8 Å². The van der Waals surface area contributed by atoms with Crippen LogP contribution in [0.2, 0.25) is 5.02 Å². The zero-order valence-electron chi connectivity index (χ0n) is 24.8. The summed E-state index contributed by atoms with van der Waals surface area (Å²) in [5, 5.41) is 13.1. The van der Waals surface area contributed by atoms with Gasteiger partial charge in [0.2, 0.25) is 0 Å². The summed E-state index contributed by atoms with van der Waals surface area (Å²) in [5.41, 5.74) is 9.13. The van der Waals surface area contributed by atoms with Crippen LogP contribution in [0.5, 0.6) is 11.5 Å². The molecule has 1 aromatic heterocycles. The maximum Gasteiger partial charge on any atom is 0.271 e. The number of hydrogen-bond donors (Lipinski definition) is 3. The predicted molar refractivity (Wildman–Crippen MR) is 180 cm³/mol. The summed E-state index contributed by atoms with van der Waals surface area (Å²) in [6, 6.07) is 25.9. The van der Waals surface area contributed by atoms with Crippen LogP contribution in [0.4, 0.5) is 16.5 Å². The number of carbonyl (C=O) groups excluding carboxylic acids is 2. The van der Waals surface area contributed by atoms with E-state index in [2.05, 4.69) is 26.1 Å². The summed E-state index contributed by atoms with van der Waals surface area (Å²) < 4.78 is 11.1. The van der Waals surface area contributed by atoms with E-state index in [1.54, 1.807) is 24.3 Å². The number of hydrazone groups is 1. The lowest BCUT2D eigenvalue weighted by atomic mass is 10.1. The number of rotatable bonds is 11. The number of hydrogen-bond acceptors (Lipinski definition) is 8. The van der Waals surface area contributed by atoms with Crippen LogP contribution < -0.4 is 25.5 Å². The van der Waals surface area contributed by atoms with Crippen molar-refractivity contribution in [1.82, 2.24) is 10.4 Å². The molecule has 0 fully saturated rings. The smallest absolute Gasteiger partial charge is 0.271 e. The first-order chi connectivity index (χ1) is 21.8. The van der Waals surface area contributed by atoms with E-state index in [0.717, 1.165) is 27.6 Å². The van der Waals surface area contributed by atoms with Crippen LogP contribution >= 0.6 is 22.9 Å². The van der Waals surface area contributed by atoms with Crippen LogP contribution in [0, 0.1) is 13.8 Å². The summed E-state index contributed by atoms with van der Waals surface area (Å²) in [4.78, 5) is 29.7.